The van der Waals surface area contributed by atoms with Gasteiger partial charge in [0.2, 0.25) is 0 Å². The molecular weight excluding hydrogens is 170 g/mol. The van der Waals surface area contributed by atoms with E-state index in [0.29, 0.717) is 0 Å². The normalized spacial score (nSPS) is 20.3. The van der Waals surface area contributed by atoms with E-state index in [0.717, 1.165) is 12.8 Å². The van der Waals surface area contributed by atoms with Crippen LogP contribution in [0.2, 0.25) is 19.6 Å². The Hall–Kier alpha value is -0.353. The minimum atomic E-state index is -1.36. The maximum absolute atomic E-state index is 11.3. The van der Waals surface area contributed by atoms with Gasteiger partial charge in [-0.1, -0.05) is 19.6 Å². The molecule has 0 spiro atoms. The molecule has 0 unspecified atom stereocenters. The second-order valence-corrected chi connectivity index (χ2v) is 9.20. The second-order valence-electron chi connectivity index (χ2n) is 4.45. The van der Waals surface area contributed by atoms with E-state index in [1.165, 1.54) is 7.11 Å². The number of methoxy groups -OCH3 is 1. The lowest BCUT2D eigenvalue weighted by atomic mass is 10.3. The number of nitrogens with one attached hydrogen (secondary N) is 1. The first kappa shape index (κ1) is 9.73. The van der Waals surface area contributed by atoms with E-state index in [4.69, 9.17) is 4.74 Å². The summed E-state index contributed by atoms with van der Waals surface area (Å²) in [6.07, 6.45) is 1.87. The van der Waals surface area contributed by atoms with Gasteiger partial charge in [-0.15, -0.1) is 0 Å². The van der Waals surface area contributed by atoms with Crippen molar-refractivity contribution < 1.29 is 9.53 Å². The van der Waals surface area contributed by atoms with Crippen molar-refractivity contribution in [1.82, 2.24) is 4.98 Å². The summed E-state index contributed by atoms with van der Waals surface area (Å²) < 4.78 is 4.74. The highest BCUT2D eigenvalue weighted by molar-refractivity contribution is 6.74. The number of carbonyl (C=O) groups excluding carboxylic acids is 1. The van der Waals surface area contributed by atoms with E-state index in [9.17, 15) is 4.79 Å². The van der Waals surface area contributed by atoms with E-state index in [-0.39, 0.29) is 11.5 Å². The molecule has 1 aliphatic carbocycles. The van der Waals surface area contributed by atoms with Crippen LogP contribution in [0.15, 0.2) is 0 Å². The number of carbonyl (C=O) groups is 1. The Balaban J connectivity index is 2.56. The Morgan fingerprint density at radius 1 is 1.42 bits per heavy atom. The highest BCUT2D eigenvalue weighted by atomic mass is 28.3. The molecule has 1 saturated carbocycles. The molecule has 4 heteroatoms. The van der Waals surface area contributed by atoms with Crippen LogP contribution < -0.4 is 4.98 Å². The quantitative estimate of drug-likeness (QED) is 0.531. The van der Waals surface area contributed by atoms with Gasteiger partial charge in [0.1, 0.15) is 13.8 Å². The average molecular weight is 187 g/mol. The van der Waals surface area contributed by atoms with E-state index >= 15 is 0 Å². The molecule has 1 N–H and O–H groups in total. The highest BCUT2D eigenvalue weighted by Gasteiger charge is 2.52. The van der Waals surface area contributed by atoms with Crippen LogP contribution in [-0.4, -0.2) is 26.9 Å². The molecule has 12 heavy (non-hydrogen) atoms. The number of hydrogen-bond donors (Lipinski definition) is 1. The second kappa shape index (κ2) is 2.85. The Morgan fingerprint density at radius 2 is 1.92 bits per heavy atom. The maximum atomic E-state index is 11.3. The van der Waals surface area contributed by atoms with E-state index in [1.807, 2.05) is 0 Å². The van der Waals surface area contributed by atoms with Crippen LogP contribution in [0.5, 0.6) is 0 Å². The molecular formula is C8H17NO2Si. The largest absolute Gasteiger partial charge is 0.468 e. The molecule has 0 radical (unpaired) electrons. The first-order valence-corrected chi connectivity index (χ1v) is 7.77. The number of hydrogen-bond acceptors (Lipinski definition) is 3. The lowest BCUT2D eigenvalue weighted by molar-refractivity contribution is -0.143. The Labute approximate surface area is 74.6 Å². The first-order valence-electron chi connectivity index (χ1n) is 4.27. The van der Waals surface area contributed by atoms with Crippen molar-refractivity contribution in [3.63, 3.8) is 0 Å². The zero-order valence-corrected chi connectivity index (χ0v) is 9.23. The van der Waals surface area contributed by atoms with Gasteiger partial charge in [0.25, 0.3) is 0 Å². The molecule has 1 rings (SSSR count). The van der Waals surface area contributed by atoms with Crippen molar-refractivity contribution in [3.05, 3.63) is 0 Å². The third-order valence-corrected chi connectivity index (χ3v) is 3.17. The van der Waals surface area contributed by atoms with Crippen LogP contribution in [0.4, 0.5) is 0 Å². The lowest BCUT2D eigenvalue weighted by Gasteiger charge is -2.24. The smallest absolute Gasteiger partial charge is 0.325 e. The minimum Gasteiger partial charge on any atom is -0.468 e. The third kappa shape index (κ3) is 2.07. The van der Waals surface area contributed by atoms with Crippen molar-refractivity contribution in [1.29, 1.82) is 0 Å². The van der Waals surface area contributed by atoms with Crippen LogP contribution >= 0.6 is 0 Å². The third-order valence-electron chi connectivity index (χ3n) is 1.94. The Morgan fingerprint density at radius 3 is 2.17 bits per heavy atom. The fraction of sp³-hybridized carbons (Fsp3) is 0.875. The predicted octanol–water partition coefficient (Wildman–Crippen LogP) is 1.12. The molecule has 0 aromatic heterocycles. The predicted molar refractivity (Wildman–Crippen MR) is 50.5 cm³/mol. The van der Waals surface area contributed by atoms with Crippen molar-refractivity contribution >= 4 is 14.2 Å². The fourth-order valence-corrected chi connectivity index (χ4v) is 3.21. The van der Waals surface area contributed by atoms with E-state index < -0.39 is 8.24 Å². The summed E-state index contributed by atoms with van der Waals surface area (Å²) in [5.41, 5.74) is -0.306. The van der Waals surface area contributed by atoms with Crippen LogP contribution in [0, 0.1) is 0 Å². The van der Waals surface area contributed by atoms with Crippen molar-refractivity contribution in [2.45, 2.75) is 38.0 Å². The summed E-state index contributed by atoms with van der Waals surface area (Å²) in [5.74, 6) is -0.0927. The summed E-state index contributed by atoms with van der Waals surface area (Å²) in [6.45, 7) is 6.57. The average Bonchev–Trinajstić information content (AvgIpc) is 2.64. The highest BCUT2D eigenvalue weighted by Crippen LogP contribution is 2.37. The molecule has 1 fully saturated rings. The Bertz CT molecular complexity index is 194. The summed E-state index contributed by atoms with van der Waals surface area (Å²) in [4.78, 5) is 14.7. The standard InChI is InChI=1S/C8H17NO2Si/c1-11-7(10)8(5-6-8)9-12(2,3)4/h9H,5-6H2,1-4H3. The van der Waals surface area contributed by atoms with Gasteiger partial charge in [0.15, 0.2) is 0 Å². The molecule has 0 bridgehead atoms. The van der Waals surface area contributed by atoms with Crippen molar-refractivity contribution in [2.75, 3.05) is 7.11 Å². The first-order chi connectivity index (χ1) is 5.40. The van der Waals surface area contributed by atoms with Crippen molar-refractivity contribution in [2.24, 2.45) is 0 Å². The monoisotopic (exact) mass is 187 g/mol. The van der Waals surface area contributed by atoms with Gasteiger partial charge in [0.05, 0.1) is 7.11 Å². The SMILES string of the molecule is COC(=O)C1(N[Si](C)(C)C)CC1. The van der Waals surface area contributed by atoms with Crippen LogP contribution in [0.3, 0.4) is 0 Å². The molecule has 3 nitrogen and oxygen atoms in total. The minimum absolute atomic E-state index is 0.0927. The van der Waals surface area contributed by atoms with E-state index in [2.05, 4.69) is 24.6 Å². The van der Waals surface area contributed by atoms with Crippen LogP contribution in [0.25, 0.3) is 0 Å². The maximum Gasteiger partial charge on any atom is 0.325 e. The summed E-state index contributed by atoms with van der Waals surface area (Å²) in [6, 6.07) is 0. The number of ether oxygens (including phenoxy) is 1. The fourth-order valence-electron chi connectivity index (χ4n) is 1.42. The molecule has 0 amide bonds. The van der Waals surface area contributed by atoms with Crippen LogP contribution in [-0.2, 0) is 9.53 Å². The molecule has 0 heterocycles. The zero-order chi connectivity index (χ0) is 9.41. The van der Waals surface area contributed by atoms with Gasteiger partial charge < -0.3 is 9.72 Å². The molecule has 70 valence electrons. The molecule has 1 aliphatic rings. The van der Waals surface area contributed by atoms with Gasteiger partial charge >= 0.3 is 5.97 Å². The Kier molecular flexibility index (Phi) is 2.31. The van der Waals surface area contributed by atoms with Gasteiger partial charge in [0, 0.05) is 0 Å². The number of esters is 1. The summed E-state index contributed by atoms with van der Waals surface area (Å²) >= 11 is 0. The molecule has 0 atom stereocenters. The summed E-state index contributed by atoms with van der Waals surface area (Å²) in [5, 5.41) is 0. The van der Waals surface area contributed by atoms with Gasteiger partial charge in [-0.3, -0.25) is 4.79 Å². The van der Waals surface area contributed by atoms with Gasteiger partial charge in [-0.05, 0) is 12.8 Å². The summed E-state index contributed by atoms with van der Waals surface area (Å²) in [7, 11) is 0.0927. The topological polar surface area (TPSA) is 38.3 Å². The van der Waals surface area contributed by atoms with Gasteiger partial charge in [-0.25, -0.2) is 0 Å². The van der Waals surface area contributed by atoms with Crippen LogP contribution in [0.1, 0.15) is 12.8 Å². The molecule has 0 aliphatic heterocycles. The molecule has 0 aromatic rings. The zero-order valence-electron chi connectivity index (χ0n) is 8.23. The van der Waals surface area contributed by atoms with E-state index in [1.54, 1.807) is 0 Å². The molecule has 0 aromatic carbocycles. The number of rotatable bonds is 3. The molecule has 0 saturated heterocycles. The lowest BCUT2D eigenvalue weighted by Crippen LogP contribution is -2.53. The van der Waals surface area contributed by atoms with Crippen molar-refractivity contribution in [3.8, 4) is 0 Å². The van der Waals surface area contributed by atoms with Gasteiger partial charge in [-0.2, -0.15) is 0 Å².